The fraction of sp³-hybridized carbons (Fsp3) is 0.208. The summed E-state index contributed by atoms with van der Waals surface area (Å²) in [4.78, 5) is 12.9. The van der Waals surface area contributed by atoms with Gasteiger partial charge in [-0.1, -0.05) is 53.6 Å². The van der Waals surface area contributed by atoms with E-state index in [2.05, 4.69) is 5.32 Å². The molecule has 0 radical (unpaired) electrons. The third kappa shape index (κ3) is 6.16. The second kappa shape index (κ2) is 10.3. The summed E-state index contributed by atoms with van der Waals surface area (Å²) in [6, 6.07) is 18.6. The average Bonchev–Trinajstić information content (AvgIpc) is 2.75. The fourth-order valence-corrected chi connectivity index (χ4v) is 4.67. The molecule has 3 aromatic carbocycles. The quantitative estimate of drug-likeness (QED) is 0.507. The molecule has 0 fully saturated rings. The van der Waals surface area contributed by atoms with Crippen LogP contribution < -0.4 is 5.32 Å². The maximum atomic E-state index is 13.3. The lowest BCUT2D eigenvalue weighted by Gasteiger charge is -2.23. The molecular formula is C24H24ClFN2O3S. The molecule has 0 aliphatic rings. The molecule has 5 nitrogen and oxygen atoms in total. The van der Waals surface area contributed by atoms with Gasteiger partial charge in [-0.25, -0.2) is 12.8 Å². The summed E-state index contributed by atoms with van der Waals surface area (Å²) in [5, 5.41) is 3.41. The summed E-state index contributed by atoms with van der Waals surface area (Å²) >= 11 is 5.91. The van der Waals surface area contributed by atoms with E-state index in [1.165, 1.54) is 36.4 Å². The van der Waals surface area contributed by atoms with E-state index in [9.17, 15) is 17.6 Å². The SMILES string of the molecule is Cc1ccc(S(=O)(=O)N(CC(=O)NC(C)c2ccc(Cl)cc2)Cc2ccc(F)cc2)cc1. The number of hydrogen-bond donors (Lipinski definition) is 1. The van der Waals surface area contributed by atoms with Crippen LogP contribution in [0.2, 0.25) is 5.02 Å². The Kier molecular flexibility index (Phi) is 7.66. The van der Waals surface area contributed by atoms with Gasteiger partial charge in [-0.05, 0) is 61.4 Å². The number of sulfonamides is 1. The molecular weight excluding hydrogens is 451 g/mol. The molecule has 0 saturated heterocycles. The third-order valence-corrected chi connectivity index (χ3v) is 7.06. The molecule has 3 aromatic rings. The van der Waals surface area contributed by atoms with Crippen molar-refractivity contribution in [1.82, 2.24) is 9.62 Å². The highest BCUT2D eigenvalue weighted by Gasteiger charge is 2.27. The lowest BCUT2D eigenvalue weighted by molar-refractivity contribution is -0.122. The van der Waals surface area contributed by atoms with E-state index in [4.69, 9.17) is 11.6 Å². The first-order valence-corrected chi connectivity index (χ1v) is 11.8. The Balaban J connectivity index is 1.82. The monoisotopic (exact) mass is 474 g/mol. The van der Waals surface area contributed by atoms with Gasteiger partial charge in [-0.2, -0.15) is 4.31 Å². The zero-order chi connectivity index (χ0) is 23.3. The number of halogens is 2. The topological polar surface area (TPSA) is 66.5 Å². The Morgan fingerprint density at radius 2 is 1.59 bits per heavy atom. The Morgan fingerprint density at radius 3 is 2.19 bits per heavy atom. The van der Waals surface area contributed by atoms with E-state index in [-0.39, 0.29) is 24.0 Å². The number of benzene rings is 3. The molecule has 1 unspecified atom stereocenters. The minimum Gasteiger partial charge on any atom is -0.348 e. The highest BCUT2D eigenvalue weighted by molar-refractivity contribution is 7.89. The first-order valence-electron chi connectivity index (χ1n) is 10.0. The number of amides is 1. The molecule has 8 heteroatoms. The van der Waals surface area contributed by atoms with Gasteiger partial charge < -0.3 is 5.32 Å². The lowest BCUT2D eigenvalue weighted by atomic mass is 10.1. The summed E-state index contributed by atoms with van der Waals surface area (Å²) in [7, 11) is -3.97. The van der Waals surface area contributed by atoms with Crippen LogP contribution in [-0.2, 0) is 21.4 Å². The van der Waals surface area contributed by atoms with Crippen molar-refractivity contribution in [3.05, 3.63) is 100 Å². The first-order chi connectivity index (χ1) is 15.1. The van der Waals surface area contributed by atoms with Gasteiger partial charge in [0.2, 0.25) is 15.9 Å². The van der Waals surface area contributed by atoms with Crippen LogP contribution in [0.3, 0.4) is 0 Å². The predicted molar refractivity (Wildman–Crippen MR) is 123 cm³/mol. The number of carbonyl (C=O) groups is 1. The van der Waals surface area contributed by atoms with E-state index < -0.39 is 21.7 Å². The zero-order valence-corrected chi connectivity index (χ0v) is 19.3. The van der Waals surface area contributed by atoms with Crippen molar-refractivity contribution in [3.63, 3.8) is 0 Å². The van der Waals surface area contributed by atoms with Crippen molar-refractivity contribution in [1.29, 1.82) is 0 Å². The largest absolute Gasteiger partial charge is 0.348 e. The molecule has 0 heterocycles. The standard InChI is InChI=1S/C24H24ClFN2O3S/c1-17-3-13-23(14-4-17)32(30,31)28(15-19-5-11-22(26)12-6-19)16-24(29)27-18(2)20-7-9-21(25)10-8-20/h3-14,18H,15-16H2,1-2H3,(H,27,29). The van der Waals surface area contributed by atoms with Crippen LogP contribution in [0.4, 0.5) is 4.39 Å². The summed E-state index contributed by atoms with van der Waals surface area (Å²) in [5.74, 6) is -0.874. The maximum Gasteiger partial charge on any atom is 0.243 e. The zero-order valence-electron chi connectivity index (χ0n) is 17.8. The Hall–Kier alpha value is -2.74. The summed E-state index contributed by atoms with van der Waals surface area (Å²) < 4.78 is 41.0. The number of nitrogens with one attached hydrogen (secondary N) is 1. The van der Waals surface area contributed by atoms with E-state index in [0.717, 1.165) is 15.4 Å². The van der Waals surface area contributed by atoms with Crippen molar-refractivity contribution < 1.29 is 17.6 Å². The molecule has 168 valence electrons. The summed E-state index contributed by atoms with van der Waals surface area (Å²) in [5.41, 5.74) is 2.33. The van der Waals surface area contributed by atoms with Crippen LogP contribution in [-0.4, -0.2) is 25.2 Å². The van der Waals surface area contributed by atoms with Crippen LogP contribution in [0.5, 0.6) is 0 Å². The second-order valence-corrected chi connectivity index (χ2v) is 9.93. The molecule has 0 aliphatic carbocycles. The van der Waals surface area contributed by atoms with Gasteiger partial charge in [0.15, 0.2) is 0 Å². The molecule has 0 aliphatic heterocycles. The Morgan fingerprint density at radius 1 is 1.00 bits per heavy atom. The van der Waals surface area contributed by atoms with Crippen molar-refractivity contribution in [2.24, 2.45) is 0 Å². The van der Waals surface area contributed by atoms with E-state index >= 15 is 0 Å². The van der Waals surface area contributed by atoms with Crippen LogP contribution in [0.1, 0.15) is 29.7 Å². The van der Waals surface area contributed by atoms with Gasteiger partial charge in [0.25, 0.3) is 0 Å². The van der Waals surface area contributed by atoms with Crippen LogP contribution in [0.25, 0.3) is 0 Å². The molecule has 0 bridgehead atoms. The lowest BCUT2D eigenvalue weighted by Crippen LogP contribution is -2.41. The third-order valence-electron chi connectivity index (χ3n) is 5.00. The van der Waals surface area contributed by atoms with Gasteiger partial charge in [-0.3, -0.25) is 4.79 Å². The van der Waals surface area contributed by atoms with Gasteiger partial charge >= 0.3 is 0 Å². The van der Waals surface area contributed by atoms with Gasteiger partial charge in [0.05, 0.1) is 17.5 Å². The molecule has 0 spiro atoms. The fourth-order valence-electron chi connectivity index (χ4n) is 3.16. The molecule has 0 aromatic heterocycles. The van der Waals surface area contributed by atoms with Crippen molar-refractivity contribution in [2.45, 2.75) is 31.3 Å². The Bertz CT molecular complexity index is 1170. The number of hydrogen-bond acceptors (Lipinski definition) is 3. The molecule has 1 atom stereocenters. The van der Waals surface area contributed by atoms with E-state index in [0.29, 0.717) is 10.6 Å². The van der Waals surface area contributed by atoms with Gasteiger partial charge in [0.1, 0.15) is 5.82 Å². The summed E-state index contributed by atoms with van der Waals surface area (Å²) in [6.07, 6.45) is 0. The normalized spacial score (nSPS) is 12.5. The smallest absolute Gasteiger partial charge is 0.243 e. The maximum absolute atomic E-state index is 13.3. The van der Waals surface area contributed by atoms with Crippen LogP contribution >= 0.6 is 11.6 Å². The predicted octanol–water partition coefficient (Wildman–Crippen LogP) is 4.86. The second-order valence-electron chi connectivity index (χ2n) is 7.55. The number of rotatable bonds is 8. The Labute approximate surface area is 192 Å². The number of nitrogens with zero attached hydrogens (tertiary/aromatic N) is 1. The van der Waals surface area contributed by atoms with Gasteiger partial charge in [0, 0.05) is 11.6 Å². The first kappa shape index (κ1) is 23.9. The molecule has 0 saturated carbocycles. The van der Waals surface area contributed by atoms with E-state index in [1.807, 2.05) is 6.92 Å². The molecule has 1 N–H and O–H groups in total. The van der Waals surface area contributed by atoms with Crippen LogP contribution in [0.15, 0.2) is 77.7 Å². The minimum absolute atomic E-state index is 0.0702. The number of carbonyl (C=O) groups excluding carboxylic acids is 1. The van der Waals surface area contributed by atoms with Crippen molar-refractivity contribution in [2.75, 3.05) is 6.54 Å². The van der Waals surface area contributed by atoms with Crippen molar-refractivity contribution in [3.8, 4) is 0 Å². The summed E-state index contributed by atoms with van der Waals surface area (Å²) in [6.45, 7) is 3.21. The minimum atomic E-state index is -3.97. The molecule has 1 amide bonds. The molecule has 3 rings (SSSR count). The highest BCUT2D eigenvalue weighted by Crippen LogP contribution is 2.20. The van der Waals surface area contributed by atoms with Crippen molar-refractivity contribution >= 4 is 27.5 Å². The van der Waals surface area contributed by atoms with E-state index in [1.54, 1.807) is 43.3 Å². The molecule has 32 heavy (non-hydrogen) atoms. The van der Waals surface area contributed by atoms with Crippen LogP contribution in [0, 0.1) is 12.7 Å². The highest BCUT2D eigenvalue weighted by atomic mass is 35.5. The number of aryl methyl sites for hydroxylation is 1. The van der Waals surface area contributed by atoms with Gasteiger partial charge in [-0.15, -0.1) is 0 Å². The average molecular weight is 475 g/mol.